The van der Waals surface area contributed by atoms with Crippen molar-refractivity contribution in [2.24, 2.45) is 13.0 Å². The standard InChI is InChI=1S/C26H23F3N4O5/c1-14-16(4-3-5-19(14)26(27,28)29)12-33-22(34)18(23(35)36)13-31(25(33)38)17-8-9-20-21(10-17)32(11-15-6-7-15)24(37)30(20)2/h3-5,8-10,13,15H,6-7,11-12H2,1-2H3,(H,35,36)/p-1. The predicted octanol–water partition coefficient (Wildman–Crippen LogP) is 1.80. The molecule has 5 rings (SSSR count). The highest BCUT2D eigenvalue weighted by molar-refractivity contribution is 5.85. The van der Waals surface area contributed by atoms with Gasteiger partial charge in [0.2, 0.25) is 0 Å². The number of nitrogens with zero attached hydrogens (tertiary/aromatic N) is 4. The molecule has 0 N–H and O–H groups in total. The van der Waals surface area contributed by atoms with Gasteiger partial charge in [0.05, 0.1) is 40.4 Å². The Kier molecular flexibility index (Phi) is 5.92. The third-order valence-corrected chi connectivity index (χ3v) is 7.02. The van der Waals surface area contributed by atoms with Gasteiger partial charge in [-0.05, 0) is 61.1 Å². The number of carboxylic acid groups (broad SMARTS) is 1. The van der Waals surface area contributed by atoms with E-state index in [0.717, 1.165) is 35.7 Å². The van der Waals surface area contributed by atoms with E-state index in [1.54, 1.807) is 23.7 Å². The van der Waals surface area contributed by atoms with Crippen molar-refractivity contribution in [2.75, 3.05) is 0 Å². The van der Waals surface area contributed by atoms with Crippen LogP contribution in [-0.4, -0.2) is 24.2 Å². The van der Waals surface area contributed by atoms with Crippen LogP contribution in [0, 0.1) is 12.8 Å². The van der Waals surface area contributed by atoms with Crippen molar-refractivity contribution in [3.8, 4) is 5.69 Å². The van der Waals surface area contributed by atoms with E-state index in [0.29, 0.717) is 28.1 Å². The average molecular weight is 527 g/mol. The number of carboxylic acids is 1. The third kappa shape index (κ3) is 4.25. The Bertz CT molecular complexity index is 1790. The summed E-state index contributed by atoms with van der Waals surface area (Å²) in [5.74, 6) is -1.48. The van der Waals surface area contributed by atoms with Crippen molar-refractivity contribution in [2.45, 2.75) is 39.0 Å². The third-order valence-electron chi connectivity index (χ3n) is 7.02. The number of carbonyl (C=O) groups is 1. The van der Waals surface area contributed by atoms with Gasteiger partial charge in [-0.15, -0.1) is 0 Å². The summed E-state index contributed by atoms with van der Waals surface area (Å²) in [5.41, 5.74) is -3.02. The van der Waals surface area contributed by atoms with Crippen LogP contribution < -0.4 is 22.0 Å². The Balaban J connectivity index is 1.70. The molecule has 0 radical (unpaired) electrons. The van der Waals surface area contributed by atoms with E-state index in [1.807, 2.05) is 0 Å². The Labute approximate surface area is 212 Å². The summed E-state index contributed by atoms with van der Waals surface area (Å²) in [5, 5.41) is 11.8. The Morgan fingerprint density at radius 2 is 1.74 bits per heavy atom. The minimum Gasteiger partial charge on any atom is -0.545 e. The van der Waals surface area contributed by atoms with Gasteiger partial charge < -0.3 is 9.90 Å². The lowest BCUT2D eigenvalue weighted by molar-refractivity contribution is -0.255. The molecule has 2 aromatic carbocycles. The van der Waals surface area contributed by atoms with Crippen molar-refractivity contribution < 1.29 is 23.1 Å². The lowest BCUT2D eigenvalue weighted by atomic mass is 10.0. The summed E-state index contributed by atoms with van der Waals surface area (Å²) in [6.45, 7) is 1.12. The number of aromatic nitrogens is 4. The molecule has 4 aromatic rings. The summed E-state index contributed by atoms with van der Waals surface area (Å²) in [7, 11) is 1.62. The van der Waals surface area contributed by atoms with Crippen molar-refractivity contribution in [3.63, 3.8) is 0 Å². The molecular formula is C26H22F3N4O5-. The fourth-order valence-corrected chi connectivity index (χ4v) is 4.68. The number of fused-ring (bicyclic) bond motifs is 1. The molecule has 9 nitrogen and oxygen atoms in total. The minimum atomic E-state index is -4.65. The second-order valence-electron chi connectivity index (χ2n) is 9.53. The summed E-state index contributed by atoms with van der Waals surface area (Å²) >= 11 is 0. The molecule has 0 spiro atoms. The second kappa shape index (κ2) is 8.89. The summed E-state index contributed by atoms with van der Waals surface area (Å²) in [6, 6.07) is 8.01. The lowest BCUT2D eigenvalue weighted by Crippen LogP contribution is -2.44. The fourth-order valence-electron chi connectivity index (χ4n) is 4.68. The van der Waals surface area contributed by atoms with Crippen LogP contribution in [0.15, 0.2) is 57.0 Å². The summed E-state index contributed by atoms with van der Waals surface area (Å²) in [4.78, 5) is 50.9. The molecule has 0 saturated heterocycles. The zero-order valence-electron chi connectivity index (χ0n) is 20.4. The van der Waals surface area contributed by atoms with Gasteiger partial charge in [0, 0.05) is 19.8 Å². The number of carbonyl (C=O) groups excluding carboxylic acids is 1. The zero-order valence-corrected chi connectivity index (χ0v) is 20.4. The molecule has 12 heteroatoms. The van der Waals surface area contributed by atoms with E-state index in [2.05, 4.69) is 0 Å². The monoisotopic (exact) mass is 527 g/mol. The van der Waals surface area contributed by atoms with Crippen LogP contribution in [0.2, 0.25) is 0 Å². The molecule has 0 aliphatic heterocycles. The van der Waals surface area contributed by atoms with E-state index in [-0.39, 0.29) is 22.5 Å². The van der Waals surface area contributed by atoms with E-state index in [9.17, 15) is 37.5 Å². The van der Waals surface area contributed by atoms with Gasteiger partial charge in [0.1, 0.15) is 0 Å². The van der Waals surface area contributed by atoms with Gasteiger partial charge in [-0.2, -0.15) is 13.2 Å². The van der Waals surface area contributed by atoms with Gasteiger partial charge in [-0.1, -0.05) is 12.1 Å². The van der Waals surface area contributed by atoms with Crippen molar-refractivity contribution >= 4 is 17.0 Å². The highest BCUT2D eigenvalue weighted by Gasteiger charge is 2.33. The molecule has 1 saturated carbocycles. The Morgan fingerprint density at radius 3 is 2.37 bits per heavy atom. The van der Waals surface area contributed by atoms with Gasteiger partial charge >= 0.3 is 17.6 Å². The minimum absolute atomic E-state index is 0.0258. The first kappa shape index (κ1) is 25.3. The molecule has 0 bridgehead atoms. The van der Waals surface area contributed by atoms with Crippen LogP contribution in [0.25, 0.3) is 16.7 Å². The number of halogens is 3. The summed E-state index contributed by atoms with van der Waals surface area (Å²) < 4.78 is 44.8. The number of imidazole rings is 1. The second-order valence-corrected chi connectivity index (χ2v) is 9.53. The van der Waals surface area contributed by atoms with Crippen LogP contribution >= 0.6 is 0 Å². The van der Waals surface area contributed by atoms with Gasteiger partial charge in [-0.25, -0.2) is 9.59 Å². The first-order valence-electron chi connectivity index (χ1n) is 11.8. The predicted molar refractivity (Wildman–Crippen MR) is 129 cm³/mol. The largest absolute Gasteiger partial charge is 0.545 e. The molecule has 0 atom stereocenters. The number of aromatic carboxylic acids is 1. The fraction of sp³-hybridized carbons (Fsp3) is 0.308. The lowest BCUT2D eigenvalue weighted by Gasteiger charge is -2.17. The number of hydrogen-bond acceptors (Lipinski definition) is 5. The number of alkyl halides is 3. The van der Waals surface area contributed by atoms with Gasteiger partial charge in [0.25, 0.3) is 5.56 Å². The molecule has 1 fully saturated rings. The van der Waals surface area contributed by atoms with E-state index in [1.165, 1.54) is 23.6 Å². The maximum absolute atomic E-state index is 13.5. The van der Waals surface area contributed by atoms with Gasteiger partial charge in [0.15, 0.2) is 0 Å². The SMILES string of the molecule is Cc1c(Cn2c(=O)c(C(=O)[O-])cn(-c3ccc4c(c3)n(CC3CC3)c(=O)n4C)c2=O)cccc1C(F)(F)F. The highest BCUT2D eigenvalue weighted by atomic mass is 19.4. The van der Waals surface area contributed by atoms with E-state index < -0.39 is 41.1 Å². The number of rotatable bonds is 6. The smallest absolute Gasteiger partial charge is 0.416 e. The molecular weight excluding hydrogens is 505 g/mol. The van der Waals surface area contributed by atoms with Crippen molar-refractivity contribution in [1.82, 2.24) is 18.3 Å². The van der Waals surface area contributed by atoms with E-state index in [4.69, 9.17) is 0 Å². The zero-order chi connectivity index (χ0) is 27.5. The average Bonchev–Trinajstić information content (AvgIpc) is 3.64. The van der Waals surface area contributed by atoms with E-state index >= 15 is 0 Å². The Hall–Kier alpha value is -4.35. The maximum Gasteiger partial charge on any atom is 0.416 e. The first-order chi connectivity index (χ1) is 17.9. The molecule has 38 heavy (non-hydrogen) atoms. The van der Waals surface area contributed by atoms with Crippen molar-refractivity contribution in [3.05, 3.63) is 96.2 Å². The maximum atomic E-state index is 13.5. The molecule has 198 valence electrons. The van der Waals surface area contributed by atoms with Crippen LogP contribution in [0.4, 0.5) is 13.2 Å². The van der Waals surface area contributed by atoms with Crippen LogP contribution in [-0.2, 0) is 26.3 Å². The van der Waals surface area contributed by atoms with Crippen LogP contribution in [0.5, 0.6) is 0 Å². The molecule has 1 aliphatic carbocycles. The number of hydrogen-bond donors (Lipinski definition) is 0. The molecule has 1 aliphatic rings. The van der Waals surface area contributed by atoms with Crippen molar-refractivity contribution in [1.29, 1.82) is 0 Å². The molecule has 0 amide bonds. The Morgan fingerprint density at radius 1 is 1.03 bits per heavy atom. The molecule has 2 heterocycles. The van der Waals surface area contributed by atoms with Gasteiger partial charge in [-0.3, -0.25) is 23.1 Å². The van der Waals surface area contributed by atoms with Crippen LogP contribution in [0.3, 0.4) is 0 Å². The molecule has 0 unspecified atom stereocenters. The molecule has 2 aromatic heterocycles. The first-order valence-corrected chi connectivity index (χ1v) is 11.8. The normalized spacial score (nSPS) is 13.8. The number of benzene rings is 2. The number of aryl methyl sites for hydroxylation is 1. The quantitative estimate of drug-likeness (QED) is 0.380. The highest BCUT2D eigenvalue weighted by Crippen LogP contribution is 2.33. The topological polar surface area (TPSA) is 111 Å². The summed E-state index contributed by atoms with van der Waals surface area (Å²) in [6.07, 6.45) is -1.82. The van der Waals surface area contributed by atoms with Crippen LogP contribution in [0.1, 0.15) is 39.9 Å².